The third-order valence-corrected chi connectivity index (χ3v) is 4.74. The van der Waals surface area contributed by atoms with Crippen molar-refractivity contribution in [2.24, 2.45) is 0 Å². The van der Waals surface area contributed by atoms with Crippen molar-refractivity contribution < 1.29 is 23.6 Å². The monoisotopic (exact) mass is 391 g/mol. The van der Waals surface area contributed by atoms with E-state index in [2.05, 4.69) is 10.5 Å². The predicted octanol–water partition coefficient (Wildman–Crippen LogP) is 1.95. The highest BCUT2D eigenvalue weighted by Gasteiger charge is 2.23. The summed E-state index contributed by atoms with van der Waals surface area (Å²) >= 11 is 1.24. The Bertz CT molecular complexity index is 810. The minimum atomic E-state index is -0.232. The number of para-hydroxylation sites is 2. The van der Waals surface area contributed by atoms with Crippen LogP contribution in [0.3, 0.4) is 0 Å². The number of carbonyl (C=O) groups is 2. The molecule has 2 heterocycles. The van der Waals surface area contributed by atoms with Crippen LogP contribution in [0.2, 0.25) is 0 Å². The minimum absolute atomic E-state index is 0.0764. The van der Waals surface area contributed by atoms with Gasteiger partial charge in [0.2, 0.25) is 11.8 Å². The quantitative estimate of drug-likeness (QED) is 0.771. The Morgan fingerprint density at radius 3 is 2.81 bits per heavy atom. The van der Waals surface area contributed by atoms with Crippen molar-refractivity contribution in [3.8, 4) is 11.5 Å². The highest BCUT2D eigenvalue weighted by Crippen LogP contribution is 2.30. The average Bonchev–Trinajstić information content (AvgIpc) is 3.06. The Morgan fingerprint density at radius 2 is 2.07 bits per heavy atom. The summed E-state index contributed by atoms with van der Waals surface area (Å²) in [5, 5.41) is 6.31. The Morgan fingerprint density at radius 1 is 1.30 bits per heavy atom. The lowest BCUT2D eigenvalue weighted by molar-refractivity contribution is -0.128. The Labute approximate surface area is 161 Å². The number of carbonyl (C=O) groups excluding carboxylic acids is 2. The molecule has 0 spiro atoms. The first-order valence-corrected chi connectivity index (χ1v) is 9.60. The molecule has 0 saturated carbocycles. The van der Waals surface area contributed by atoms with Gasteiger partial charge in [-0.25, -0.2) is 0 Å². The summed E-state index contributed by atoms with van der Waals surface area (Å²) in [6.07, 6.45) is -0.224. The van der Waals surface area contributed by atoms with E-state index in [9.17, 15) is 9.59 Å². The maximum atomic E-state index is 12.3. The fourth-order valence-electron chi connectivity index (χ4n) is 2.51. The molecule has 1 atom stereocenters. The van der Waals surface area contributed by atoms with Gasteiger partial charge in [0.1, 0.15) is 12.4 Å². The molecule has 0 aliphatic carbocycles. The van der Waals surface area contributed by atoms with Gasteiger partial charge in [-0.2, -0.15) is 0 Å². The molecule has 0 fully saturated rings. The number of likely N-dealkylation sites (N-methyl/N-ethyl adjacent to an activating group) is 1. The van der Waals surface area contributed by atoms with Gasteiger partial charge < -0.3 is 24.2 Å². The zero-order chi connectivity index (χ0) is 19.2. The van der Waals surface area contributed by atoms with Gasteiger partial charge in [-0.05, 0) is 19.1 Å². The zero-order valence-electron chi connectivity index (χ0n) is 15.1. The fraction of sp³-hybridized carbons (Fsp3) is 0.389. The summed E-state index contributed by atoms with van der Waals surface area (Å²) in [5.41, 5.74) is 0. The third kappa shape index (κ3) is 5.40. The summed E-state index contributed by atoms with van der Waals surface area (Å²) in [7, 11) is 1.71. The fourth-order valence-corrected chi connectivity index (χ4v) is 3.26. The topological polar surface area (TPSA) is 93.9 Å². The second-order valence-electron chi connectivity index (χ2n) is 6.14. The number of nitrogens with one attached hydrogen (secondary N) is 1. The Kier molecular flexibility index (Phi) is 6.23. The lowest BCUT2D eigenvalue weighted by Crippen LogP contribution is -2.42. The van der Waals surface area contributed by atoms with Crippen molar-refractivity contribution >= 4 is 29.4 Å². The van der Waals surface area contributed by atoms with E-state index in [-0.39, 0.29) is 29.4 Å². The molecular formula is C18H21N3O5S. The molecule has 0 bridgehead atoms. The highest BCUT2D eigenvalue weighted by atomic mass is 32.2. The van der Waals surface area contributed by atoms with E-state index in [1.807, 2.05) is 24.3 Å². The van der Waals surface area contributed by atoms with Gasteiger partial charge in [0.15, 0.2) is 23.4 Å². The molecule has 1 aromatic carbocycles. The highest BCUT2D eigenvalue weighted by molar-refractivity contribution is 8.00. The normalized spacial score (nSPS) is 15.3. The number of aryl methyl sites for hydroxylation is 1. The van der Waals surface area contributed by atoms with Crippen LogP contribution in [-0.2, 0) is 9.59 Å². The lowest BCUT2D eigenvalue weighted by Gasteiger charge is -2.29. The van der Waals surface area contributed by atoms with Gasteiger partial charge in [0.25, 0.3) is 0 Å². The molecule has 1 aromatic heterocycles. The lowest BCUT2D eigenvalue weighted by atomic mass is 10.2. The number of aromatic nitrogens is 1. The van der Waals surface area contributed by atoms with Crippen molar-refractivity contribution in [2.75, 3.05) is 37.0 Å². The Hall–Kier alpha value is -2.68. The number of amides is 2. The third-order valence-electron chi connectivity index (χ3n) is 3.82. The van der Waals surface area contributed by atoms with Crippen LogP contribution in [0.4, 0.5) is 5.82 Å². The number of rotatable bonds is 7. The summed E-state index contributed by atoms with van der Waals surface area (Å²) in [4.78, 5) is 25.7. The number of fused-ring (bicyclic) bond motifs is 1. The molecule has 1 aliphatic rings. The number of anilines is 1. The smallest absolute Gasteiger partial charge is 0.235 e. The molecule has 2 amide bonds. The number of ether oxygens (including phenoxy) is 2. The molecule has 3 rings (SSSR count). The molecule has 1 aliphatic heterocycles. The van der Waals surface area contributed by atoms with Crippen LogP contribution in [0.5, 0.6) is 11.5 Å². The van der Waals surface area contributed by atoms with Gasteiger partial charge in [-0.1, -0.05) is 17.3 Å². The number of benzene rings is 1. The molecule has 8 nitrogen and oxygen atoms in total. The molecule has 0 saturated heterocycles. The molecule has 1 unspecified atom stereocenters. The van der Waals surface area contributed by atoms with Crippen molar-refractivity contribution in [2.45, 2.75) is 13.0 Å². The first kappa shape index (κ1) is 19.1. The molecule has 0 radical (unpaired) electrons. The second kappa shape index (κ2) is 8.81. The van der Waals surface area contributed by atoms with E-state index in [1.165, 1.54) is 11.8 Å². The van der Waals surface area contributed by atoms with E-state index < -0.39 is 0 Å². The largest absolute Gasteiger partial charge is 0.486 e. The van der Waals surface area contributed by atoms with E-state index in [0.29, 0.717) is 36.2 Å². The van der Waals surface area contributed by atoms with Gasteiger partial charge in [0, 0.05) is 13.1 Å². The van der Waals surface area contributed by atoms with Gasteiger partial charge in [0.05, 0.1) is 18.1 Å². The van der Waals surface area contributed by atoms with Crippen LogP contribution in [0.25, 0.3) is 0 Å². The maximum absolute atomic E-state index is 12.3. The average molecular weight is 391 g/mol. The molecule has 144 valence electrons. The van der Waals surface area contributed by atoms with Crippen molar-refractivity contribution in [3.05, 3.63) is 36.1 Å². The summed E-state index contributed by atoms with van der Waals surface area (Å²) in [6, 6.07) is 9.08. The van der Waals surface area contributed by atoms with Crippen molar-refractivity contribution in [1.29, 1.82) is 0 Å². The molecule has 27 heavy (non-hydrogen) atoms. The predicted molar refractivity (Wildman–Crippen MR) is 101 cm³/mol. The van der Waals surface area contributed by atoms with Crippen molar-refractivity contribution in [3.63, 3.8) is 0 Å². The minimum Gasteiger partial charge on any atom is -0.486 e. The van der Waals surface area contributed by atoms with E-state index in [0.717, 1.165) is 0 Å². The first-order chi connectivity index (χ1) is 13.0. The van der Waals surface area contributed by atoms with Crippen LogP contribution in [0.1, 0.15) is 5.76 Å². The molecule has 1 N–H and O–H groups in total. The molecule has 9 heteroatoms. The number of hydrogen-bond donors (Lipinski definition) is 1. The molecular weight excluding hydrogens is 370 g/mol. The summed E-state index contributed by atoms with van der Waals surface area (Å²) < 4.78 is 16.4. The zero-order valence-corrected chi connectivity index (χ0v) is 16.0. The van der Waals surface area contributed by atoms with Gasteiger partial charge in [-0.15, -0.1) is 11.8 Å². The SMILES string of the molecule is Cc1cc(NC(=O)CSCC(=O)N(C)CC2COc3ccccc3O2)no1. The van der Waals surface area contributed by atoms with Crippen LogP contribution < -0.4 is 14.8 Å². The van der Waals surface area contributed by atoms with Crippen LogP contribution in [0, 0.1) is 6.92 Å². The van der Waals surface area contributed by atoms with E-state index >= 15 is 0 Å². The maximum Gasteiger partial charge on any atom is 0.235 e. The van der Waals surface area contributed by atoms with E-state index in [4.69, 9.17) is 14.0 Å². The standard InChI is InChI=1S/C18H21N3O5S/c1-12-7-16(20-26-12)19-17(22)10-27-11-18(23)21(2)8-13-9-24-14-5-3-4-6-15(14)25-13/h3-7,13H,8-11H2,1-2H3,(H,19,20,22). The second-order valence-corrected chi connectivity index (χ2v) is 7.12. The number of nitrogens with zero attached hydrogens (tertiary/aromatic N) is 2. The summed E-state index contributed by atoms with van der Waals surface area (Å²) in [6.45, 7) is 2.55. The van der Waals surface area contributed by atoms with Gasteiger partial charge >= 0.3 is 0 Å². The first-order valence-electron chi connectivity index (χ1n) is 8.44. The van der Waals surface area contributed by atoms with Crippen LogP contribution in [0.15, 0.2) is 34.9 Å². The van der Waals surface area contributed by atoms with Crippen molar-refractivity contribution in [1.82, 2.24) is 10.1 Å². The van der Waals surface area contributed by atoms with Gasteiger partial charge in [-0.3, -0.25) is 9.59 Å². The summed E-state index contributed by atoms with van der Waals surface area (Å²) in [5.74, 6) is 2.43. The number of thioether (sulfide) groups is 1. The van der Waals surface area contributed by atoms with Crippen LogP contribution >= 0.6 is 11.8 Å². The van der Waals surface area contributed by atoms with E-state index in [1.54, 1.807) is 24.9 Å². The Balaban J connectivity index is 1.37. The number of hydrogen-bond acceptors (Lipinski definition) is 7. The molecule has 2 aromatic rings. The van der Waals surface area contributed by atoms with Crippen LogP contribution in [-0.4, -0.2) is 59.7 Å².